The van der Waals surface area contributed by atoms with Crippen molar-refractivity contribution in [1.29, 1.82) is 0 Å². The predicted octanol–water partition coefficient (Wildman–Crippen LogP) is -0.0668. The molecule has 0 fully saturated rings. The van der Waals surface area contributed by atoms with Crippen LogP contribution in [0, 0.1) is 0 Å². The van der Waals surface area contributed by atoms with Gasteiger partial charge in [-0.1, -0.05) is 0 Å². The molecule has 0 spiro atoms. The fraction of sp³-hybridized carbons (Fsp3) is 1.00. The van der Waals surface area contributed by atoms with E-state index in [2.05, 4.69) is 4.89 Å². The van der Waals surface area contributed by atoms with E-state index in [4.69, 9.17) is 10.4 Å². The molecule has 1 unspecified atom stereocenters. The van der Waals surface area contributed by atoms with E-state index in [9.17, 15) is 8.42 Å². The molecule has 6 heteroatoms. The van der Waals surface area contributed by atoms with E-state index in [1.54, 1.807) is 0 Å². The summed E-state index contributed by atoms with van der Waals surface area (Å²) < 4.78 is 21.2. The van der Waals surface area contributed by atoms with Gasteiger partial charge in [0.2, 0.25) is 10.0 Å². The molecule has 0 amide bonds. The lowest BCUT2D eigenvalue weighted by molar-refractivity contribution is -0.242. The molecular formula is C5H13NO4S. The first kappa shape index (κ1) is 10.8. The van der Waals surface area contributed by atoms with Gasteiger partial charge in [0.05, 0.1) is 11.9 Å². The van der Waals surface area contributed by atoms with Crippen molar-refractivity contribution in [3.8, 4) is 0 Å². The fourth-order valence-electron chi connectivity index (χ4n) is 0.600. The van der Waals surface area contributed by atoms with E-state index in [0.717, 1.165) is 0 Å². The van der Waals surface area contributed by atoms with Crippen molar-refractivity contribution in [1.82, 2.24) is 0 Å². The topological polar surface area (TPSA) is 89.6 Å². The second-order valence-electron chi connectivity index (χ2n) is 2.38. The lowest BCUT2D eigenvalue weighted by Crippen LogP contribution is -2.25. The Morgan fingerprint density at radius 1 is 1.64 bits per heavy atom. The fourth-order valence-corrected chi connectivity index (χ4v) is 1.09. The summed E-state index contributed by atoms with van der Waals surface area (Å²) in [6.45, 7) is 1.66. The highest BCUT2D eigenvalue weighted by Gasteiger charge is 2.14. The second kappa shape index (κ2) is 4.66. The molecule has 0 saturated heterocycles. The third kappa shape index (κ3) is 5.14. The van der Waals surface area contributed by atoms with Crippen LogP contribution in [0.1, 0.15) is 19.8 Å². The summed E-state index contributed by atoms with van der Waals surface area (Å²) in [5.74, 6) is 0. The van der Waals surface area contributed by atoms with Crippen molar-refractivity contribution < 1.29 is 18.6 Å². The first-order valence-electron chi connectivity index (χ1n) is 3.26. The molecule has 0 aliphatic rings. The summed E-state index contributed by atoms with van der Waals surface area (Å²) in [6, 6.07) is 0. The minimum Gasteiger partial charge on any atom is -0.252 e. The molecule has 0 aromatic rings. The first-order chi connectivity index (χ1) is 4.98. The van der Waals surface area contributed by atoms with Gasteiger partial charge in [-0.15, -0.1) is 0 Å². The zero-order valence-electron chi connectivity index (χ0n) is 6.36. The van der Waals surface area contributed by atoms with Crippen molar-refractivity contribution in [2.75, 3.05) is 6.61 Å². The SMILES string of the molecule is CC(CCCOO)S(N)(=O)=O. The zero-order valence-corrected chi connectivity index (χ0v) is 7.17. The highest BCUT2D eigenvalue weighted by atomic mass is 32.2. The van der Waals surface area contributed by atoms with E-state index in [-0.39, 0.29) is 6.61 Å². The van der Waals surface area contributed by atoms with Gasteiger partial charge in [-0.3, -0.25) is 5.26 Å². The van der Waals surface area contributed by atoms with Gasteiger partial charge in [-0.05, 0) is 19.8 Å². The Morgan fingerprint density at radius 3 is 2.55 bits per heavy atom. The first-order valence-corrected chi connectivity index (χ1v) is 4.87. The molecule has 3 N–H and O–H groups in total. The number of rotatable bonds is 5. The van der Waals surface area contributed by atoms with Gasteiger partial charge >= 0.3 is 0 Å². The summed E-state index contributed by atoms with van der Waals surface area (Å²) >= 11 is 0. The largest absolute Gasteiger partial charge is 0.252 e. The summed E-state index contributed by atoms with van der Waals surface area (Å²) in [7, 11) is -3.42. The van der Waals surface area contributed by atoms with Crippen LogP contribution >= 0.6 is 0 Å². The van der Waals surface area contributed by atoms with E-state index in [1.807, 2.05) is 0 Å². The number of hydrogen-bond acceptors (Lipinski definition) is 4. The van der Waals surface area contributed by atoms with Crippen molar-refractivity contribution in [2.45, 2.75) is 25.0 Å². The van der Waals surface area contributed by atoms with Crippen molar-refractivity contribution in [2.24, 2.45) is 5.14 Å². The maximum Gasteiger partial charge on any atom is 0.211 e. The highest BCUT2D eigenvalue weighted by Crippen LogP contribution is 2.03. The van der Waals surface area contributed by atoms with Gasteiger partial charge < -0.3 is 0 Å². The molecule has 0 aliphatic carbocycles. The number of primary sulfonamides is 1. The monoisotopic (exact) mass is 183 g/mol. The van der Waals surface area contributed by atoms with Gasteiger partial charge in [-0.2, -0.15) is 0 Å². The molecule has 0 aliphatic heterocycles. The molecule has 0 radical (unpaired) electrons. The Labute approximate surface area is 66.1 Å². The highest BCUT2D eigenvalue weighted by molar-refractivity contribution is 7.89. The maximum atomic E-state index is 10.6. The number of nitrogens with two attached hydrogens (primary N) is 1. The number of hydrogen-bond donors (Lipinski definition) is 2. The minimum absolute atomic E-state index is 0.139. The Bertz CT molecular complexity index is 189. The molecule has 0 rings (SSSR count). The average Bonchev–Trinajstić information content (AvgIpc) is 1.86. The lowest BCUT2D eigenvalue weighted by Gasteiger charge is -2.06. The predicted molar refractivity (Wildman–Crippen MR) is 40.4 cm³/mol. The average molecular weight is 183 g/mol. The third-order valence-electron chi connectivity index (χ3n) is 1.41. The molecular weight excluding hydrogens is 170 g/mol. The van der Waals surface area contributed by atoms with Gasteiger partial charge in [0.15, 0.2) is 0 Å². The van der Waals surface area contributed by atoms with E-state index in [1.165, 1.54) is 6.92 Å². The van der Waals surface area contributed by atoms with Crippen molar-refractivity contribution >= 4 is 10.0 Å². The van der Waals surface area contributed by atoms with Crippen LogP contribution in [0.2, 0.25) is 0 Å². The minimum atomic E-state index is -3.42. The van der Waals surface area contributed by atoms with Gasteiger partial charge in [-0.25, -0.2) is 18.4 Å². The molecule has 0 aromatic carbocycles. The Kier molecular flexibility index (Phi) is 4.58. The van der Waals surface area contributed by atoms with Gasteiger partial charge in [0.1, 0.15) is 0 Å². The number of sulfonamides is 1. The lowest BCUT2D eigenvalue weighted by atomic mass is 10.3. The molecule has 5 nitrogen and oxygen atoms in total. The molecule has 0 bridgehead atoms. The summed E-state index contributed by atoms with van der Waals surface area (Å²) in [6.07, 6.45) is 0.882. The van der Waals surface area contributed by atoms with Crippen LogP contribution in [0.25, 0.3) is 0 Å². The maximum absolute atomic E-state index is 10.6. The Morgan fingerprint density at radius 2 is 2.18 bits per heavy atom. The van der Waals surface area contributed by atoms with Crippen molar-refractivity contribution in [3.05, 3.63) is 0 Å². The van der Waals surface area contributed by atoms with Crippen molar-refractivity contribution in [3.63, 3.8) is 0 Å². The van der Waals surface area contributed by atoms with Crippen LogP contribution in [-0.2, 0) is 14.9 Å². The summed E-state index contributed by atoms with van der Waals surface area (Å²) in [5, 5.41) is 12.2. The summed E-state index contributed by atoms with van der Waals surface area (Å²) in [5.41, 5.74) is 0. The van der Waals surface area contributed by atoms with Gasteiger partial charge in [0, 0.05) is 0 Å². The standard InChI is InChI=1S/C5H13NO4S/c1-5(11(6,8)9)3-2-4-10-7/h5,7H,2-4H2,1H3,(H2,6,8,9). The Balaban J connectivity index is 3.62. The second-order valence-corrected chi connectivity index (χ2v) is 4.36. The quantitative estimate of drug-likeness (QED) is 0.355. The van der Waals surface area contributed by atoms with Crippen LogP contribution in [0.4, 0.5) is 0 Å². The van der Waals surface area contributed by atoms with Crippen LogP contribution in [-0.4, -0.2) is 25.5 Å². The molecule has 68 valence electrons. The molecule has 0 saturated carbocycles. The summed E-state index contributed by atoms with van der Waals surface area (Å²) in [4.78, 5) is 3.77. The smallest absolute Gasteiger partial charge is 0.211 e. The molecule has 11 heavy (non-hydrogen) atoms. The van der Waals surface area contributed by atoms with E-state index in [0.29, 0.717) is 12.8 Å². The van der Waals surface area contributed by atoms with Gasteiger partial charge in [0.25, 0.3) is 0 Å². The Hall–Kier alpha value is -0.170. The van der Waals surface area contributed by atoms with E-state index < -0.39 is 15.3 Å². The zero-order chi connectivity index (χ0) is 8.91. The molecule has 0 heterocycles. The van der Waals surface area contributed by atoms with E-state index >= 15 is 0 Å². The van der Waals surface area contributed by atoms with Crippen LogP contribution in [0.15, 0.2) is 0 Å². The third-order valence-corrected chi connectivity index (χ3v) is 2.76. The van der Waals surface area contributed by atoms with Crippen LogP contribution < -0.4 is 5.14 Å². The normalized spacial score (nSPS) is 14.8. The van der Waals surface area contributed by atoms with Crippen LogP contribution in [0.5, 0.6) is 0 Å². The van der Waals surface area contributed by atoms with Crippen LogP contribution in [0.3, 0.4) is 0 Å². The molecule has 1 atom stereocenters. The molecule has 0 aromatic heterocycles.